The average Bonchev–Trinajstić information content (AvgIpc) is 3.16. The highest BCUT2D eigenvalue weighted by Gasteiger charge is 2.19. The molecular weight excluding hydrogens is 330 g/mol. The Bertz CT molecular complexity index is 860. The summed E-state index contributed by atoms with van der Waals surface area (Å²) >= 11 is 1.40. The number of nitrogens with one attached hydrogen (secondary N) is 1. The lowest BCUT2D eigenvalue weighted by Gasteiger charge is -2.08. The van der Waals surface area contributed by atoms with Crippen molar-refractivity contribution in [2.45, 2.75) is 31.2 Å². The Hall–Kier alpha value is -2.75. The standard InChI is InChI=1S/C14H15N7O2S/c1-8(13-15-9(2)18-23-13)24-14-17-19-20-21(14)12-6-4-5-11(7-12)16-10(3)22/h4-8H,1-3H3,(H,16,22). The van der Waals surface area contributed by atoms with Gasteiger partial charge in [-0.05, 0) is 42.5 Å². The third kappa shape index (κ3) is 3.59. The van der Waals surface area contributed by atoms with E-state index in [9.17, 15) is 4.79 Å². The first-order valence-electron chi connectivity index (χ1n) is 7.16. The highest BCUT2D eigenvalue weighted by Crippen LogP contribution is 2.33. The Morgan fingerprint density at radius 3 is 2.96 bits per heavy atom. The smallest absolute Gasteiger partial charge is 0.239 e. The third-order valence-corrected chi connectivity index (χ3v) is 4.05. The Morgan fingerprint density at radius 2 is 2.25 bits per heavy atom. The number of thioether (sulfide) groups is 1. The van der Waals surface area contributed by atoms with Crippen LogP contribution in [-0.4, -0.2) is 36.3 Å². The molecule has 10 heteroatoms. The van der Waals surface area contributed by atoms with Crippen LogP contribution in [0.3, 0.4) is 0 Å². The molecule has 2 aromatic heterocycles. The number of tetrazole rings is 1. The molecule has 0 aliphatic carbocycles. The highest BCUT2D eigenvalue weighted by molar-refractivity contribution is 7.99. The number of rotatable bonds is 5. The van der Waals surface area contributed by atoms with E-state index in [2.05, 4.69) is 31.0 Å². The highest BCUT2D eigenvalue weighted by atomic mass is 32.2. The summed E-state index contributed by atoms with van der Waals surface area (Å²) in [6, 6.07) is 7.27. The number of hydrogen-bond acceptors (Lipinski definition) is 8. The fourth-order valence-electron chi connectivity index (χ4n) is 2.02. The minimum Gasteiger partial charge on any atom is -0.338 e. The van der Waals surface area contributed by atoms with Crippen LogP contribution in [0.15, 0.2) is 33.9 Å². The number of carbonyl (C=O) groups is 1. The van der Waals surface area contributed by atoms with Crippen molar-refractivity contribution in [1.82, 2.24) is 30.3 Å². The molecule has 1 amide bonds. The molecular formula is C14H15N7O2S. The van der Waals surface area contributed by atoms with E-state index in [1.807, 2.05) is 19.1 Å². The molecule has 0 fully saturated rings. The number of amides is 1. The van der Waals surface area contributed by atoms with E-state index >= 15 is 0 Å². The van der Waals surface area contributed by atoms with Crippen LogP contribution < -0.4 is 5.32 Å². The fraction of sp³-hybridized carbons (Fsp3) is 0.286. The molecule has 9 nitrogen and oxygen atoms in total. The van der Waals surface area contributed by atoms with Crippen LogP contribution in [0.25, 0.3) is 5.69 Å². The van der Waals surface area contributed by atoms with Crippen LogP contribution in [0.5, 0.6) is 0 Å². The molecule has 0 aliphatic rings. The van der Waals surface area contributed by atoms with E-state index in [1.165, 1.54) is 18.7 Å². The van der Waals surface area contributed by atoms with Crippen LogP contribution in [0.1, 0.15) is 30.8 Å². The minimum absolute atomic E-state index is 0.102. The molecule has 2 heterocycles. The Balaban J connectivity index is 1.84. The second-order valence-corrected chi connectivity index (χ2v) is 6.35. The number of aromatic nitrogens is 6. The van der Waals surface area contributed by atoms with Gasteiger partial charge in [-0.1, -0.05) is 23.0 Å². The molecule has 3 rings (SSSR count). The minimum atomic E-state index is -0.140. The van der Waals surface area contributed by atoms with Crippen molar-refractivity contribution in [3.05, 3.63) is 36.0 Å². The van der Waals surface area contributed by atoms with E-state index in [-0.39, 0.29) is 11.2 Å². The van der Waals surface area contributed by atoms with Gasteiger partial charge in [-0.25, -0.2) is 0 Å². The third-order valence-electron chi connectivity index (χ3n) is 3.03. The van der Waals surface area contributed by atoms with Gasteiger partial charge in [0, 0.05) is 12.6 Å². The van der Waals surface area contributed by atoms with Crippen molar-refractivity contribution in [3.63, 3.8) is 0 Å². The Labute approximate surface area is 141 Å². The van der Waals surface area contributed by atoms with Crippen molar-refractivity contribution in [3.8, 4) is 5.69 Å². The van der Waals surface area contributed by atoms with Crippen LogP contribution in [-0.2, 0) is 4.79 Å². The predicted octanol–water partition coefficient (Wildman–Crippen LogP) is 2.17. The number of carbonyl (C=O) groups excluding carboxylic acids is 1. The van der Waals surface area contributed by atoms with Gasteiger partial charge in [-0.15, -0.1) is 5.10 Å². The normalized spacial score (nSPS) is 12.1. The first-order valence-corrected chi connectivity index (χ1v) is 8.04. The summed E-state index contributed by atoms with van der Waals surface area (Å²) in [7, 11) is 0. The number of anilines is 1. The number of hydrogen-bond donors (Lipinski definition) is 1. The number of aryl methyl sites for hydroxylation is 1. The summed E-state index contributed by atoms with van der Waals surface area (Å²) in [6.45, 7) is 5.16. The molecule has 1 N–H and O–H groups in total. The maximum atomic E-state index is 11.2. The van der Waals surface area contributed by atoms with Crippen molar-refractivity contribution >= 4 is 23.4 Å². The molecule has 0 saturated carbocycles. The summed E-state index contributed by atoms with van der Waals surface area (Å²) in [5.41, 5.74) is 1.41. The maximum Gasteiger partial charge on any atom is 0.239 e. The van der Waals surface area contributed by atoms with E-state index in [0.29, 0.717) is 22.6 Å². The van der Waals surface area contributed by atoms with Crippen LogP contribution in [0.4, 0.5) is 5.69 Å². The van der Waals surface area contributed by atoms with Gasteiger partial charge >= 0.3 is 0 Å². The second kappa shape index (κ2) is 6.79. The SMILES string of the molecule is CC(=O)Nc1cccc(-n2nnnc2SC(C)c2nc(C)no2)c1. The summed E-state index contributed by atoms with van der Waals surface area (Å²) in [6.07, 6.45) is 0. The topological polar surface area (TPSA) is 112 Å². The van der Waals surface area contributed by atoms with Crippen molar-refractivity contribution < 1.29 is 9.32 Å². The lowest BCUT2D eigenvalue weighted by Crippen LogP contribution is -2.07. The zero-order chi connectivity index (χ0) is 17.1. The van der Waals surface area contributed by atoms with Gasteiger partial charge in [0.1, 0.15) is 0 Å². The zero-order valence-electron chi connectivity index (χ0n) is 13.3. The Kier molecular flexibility index (Phi) is 4.56. The van der Waals surface area contributed by atoms with Gasteiger partial charge in [0.05, 0.1) is 10.9 Å². The molecule has 1 unspecified atom stereocenters. The molecule has 0 aliphatic heterocycles. The molecule has 24 heavy (non-hydrogen) atoms. The van der Waals surface area contributed by atoms with Crippen molar-refractivity contribution in [2.24, 2.45) is 0 Å². The maximum absolute atomic E-state index is 11.2. The van der Waals surface area contributed by atoms with Crippen molar-refractivity contribution in [1.29, 1.82) is 0 Å². The molecule has 3 aromatic rings. The summed E-state index contributed by atoms with van der Waals surface area (Å²) in [4.78, 5) is 15.4. The number of nitrogens with zero attached hydrogens (tertiary/aromatic N) is 6. The molecule has 1 atom stereocenters. The largest absolute Gasteiger partial charge is 0.338 e. The molecule has 124 valence electrons. The molecule has 1 aromatic carbocycles. The molecule has 0 spiro atoms. The van der Waals surface area contributed by atoms with Gasteiger partial charge < -0.3 is 9.84 Å². The summed E-state index contributed by atoms with van der Waals surface area (Å²) in [5.74, 6) is 0.956. The van der Waals surface area contributed by atoms with E-state index in [1.54, 1.807) is 23.7 Å². The van der Waals surface area contributed by atoms with E-state index < -0.39 is 0 Å². The molecule has 0 bridgehead atoms. The van der Waals surface area contributed by atoms with Crippen LogP contribution in [0, 0.1) is 6.92 Å². The summed E-state index contributed by atoms with van der Waals surface area (Å²) in [5, 5.41) is 18.8. The van der Waals surface area contributed by atoms with E-state index in [0.717, 1.165) is 5.69 Å². The van der Waals surface area contributed by atoms with Gasteiger partial charge in [-0.2, -0.15) is 9.67 Å². The van der Waals surface area contributed by atoms with Crippen LogP contribution >= 0.6 is 11.8 Å². The van der Waals surface area contributed by atoms with Crippen LogP contribution in [0.2, 0.25) is 0 Å². The predicted molar refractivity (Wildman–Crippen MR) is 86.8 cm³/mol. The first-order chi connectivity index (χ1) is 11.5. The van der Waals surface area contributed by atoms with Gasteiger partial charge in [-0.3, -0.25) is 4.79 Å². The average molecular weight is 345 g/mol. The lowest BCUT2D eigenvalue weighted by atomic mass is 10.3. The molecule has 0 radical (unpaired) electrons. The van der Waals surface area contributed by atoms with Crippen molar-refractivity contribution in [2.75, 3.05) is 5.32 Å². The van der Waals surface area contributed by atoms with Gasteiger partial charge in [0.25, 0.3) is 0 Å². The quantitative estimate of drug-likeness (QED) is 0.700. The zero-order valence-corrected chi connectivity index (χ0v) is 14.1. The Morgan fingerprint density at radius 1 is 1.42 bits per heavy atom. The fourth-order valence-corrected chi connectivity index (χ4v) is 2.86. The monoisotopic (exact) mass is 345 g/mol. The van der Waals surface area contributed by atoms with Gasteiger partial charge in [0.15, 0.2) is 5.82 Å². The van der Waals surface area contributed by atoms with E-state index in [4.69, 9.17) is 4.52 Å². The number of benzene rings is 1. The molecule has 0 saturated heterocycles. The van der Waals surface area contributed by atoms with Gasteiger partial charge in [0.2, 0.25) is 17.0 Å². The lowest BCUT2D eigenvalue weighted by molar-refractivity contribution is -0.114. The first kappa shape index (κ1) is 16.1. The summed E-state index contributed by atoms with van der Waals surface area (Å²) < 4.78 is 6.77. The second-order valence-electron chi connectivity index (χ2n) is 5.04.